The third-order valence-electron chi connectivity index (χ3n) is 5.93. The monoisotopic (exact) mass is 443 g/mol. The smallest absolute Gasteiger partial charge is 0.253 e. The van der Waals surface area contributed by atoms with Crippen LogP contribution in [0, 0.1) is 5.92 Å². The number of pyridine rings is 1. The van der Waals surface area contributed by atoms with Crippen LogP contribution in [0.25, 0.3) is 11.3 Å². The molecular weight excluding hydrogens is 414 g/mol. The normalized spacial score (nSPS) is 14.0. The highest BCUT2D eigenvalue weighted by Crippen LogP contribution is 2.22. The first kappa shape index (κ1) is 22.5. The number of amides is 2. The third-order valence-corrected chi connectivity index (χ3v) is 5.93. The van der Waals surface area contributed by atoms with Gasteiger partial charge in [-0.05, 0) is 49.6 Å². The van der Waals surface area contributed by atoms with Gasteiger partial charge in [-0.15, -0.1) is 0 Å². The average molecular weight is 444 g/mol. The molecule has 0 radical (unpaired) electrons. The van der Waals surface area contributed by atoms with Crippen molar-refractivity contribution < 1.29 is 14.3 Å². The van der Waals surface area contributed by atoms with E-state index in [4.69, 9.17) is 4.74 Å². The van der Waals surface area contributed by atoms with E-state index in [9.17, 15) is 9.59 Å². The topological polar surface area (TPSA) is 71.5 Å². The number of nitrogens with zero attached hydrogens (tertiary/aromatic N) is 2. The quantitative estimate of drug-likeness (QED) is 0.591. The molecule has 4 rings (SSSR count). The zero-order valence-corrected chi connectivity index (χ0v) is 18.9. The number of hydrogen-bond acceptors (Lipinski definition) is 4. The van der Waals surface area contributed by atoms with Crippen LogP contribution in [0.2, 0.25) is 0 Å². The molecule has 1 saturated heterocycles. The summed E-state index contributed by atoms with van der Waals surface area (Å²) < 4.78 is 5.45. The molecule has 0 aliphatic carbocycles. The maximum atomic E-state index is 13.0. The Morgan fingerprint density at radius 1 is 1.03 bits per heavy atom. The lowest BCUT2D eigenvalue weighted by molar-refractivity contribution is -0.126. The van der Waals surface area contributed by atoms with Crippen molar-refractivity contribution in [1.29, 1.82) is 0 Å². The van der Waals surface area contributed by atoms with E-state index in [0.29, 0.717) is 44.6 Å². The second-order valence-corrected chi connectivity index (χ2v) is 8.16. The van der Waals surface area contributed by atoms with Crippen LogP contribution in [0.1, 0.15) is 35.7 Å². The lowest BCUT2D eigenvalue weighted by atomic mass is 9.95. The first-order valence-corrected chi connectivity index (χ1v) is 11.4. The number of aromatic nitrogens is 1. The van der Waals surface area contributed by atoms with Crippen LogP contribution in [0.4, 0.5) is 0 Å². The van der Waals surface area contributed by atoms with Crippen molar-refractivity contribution in [3.63, 3.8) is 0 Å². The summed E-state index contributed by atoms with van der Waals surface area (Å²) in [6.45, 7) is 4.22. The number of hydrogen-bond donors (Lipinski definition) is 1. The number of benzene rings is 2. The summed E-state index contributed by atoms with van der Waals surface area (Å²) >= 11 is 0. The molecular formula is C27H29N3O3. The number of nitrogens with one attached hydrogen (secondary N) is 1. The Labute approximate surface area is 194 Å². The average Bonchev–Trinajstić information content (AvgIpc) is 2.88. The minimum absolute atomic E-state index is 0.0113. The molecule has 0 bridgehead atoms. The van der Waals surface area contributed by atoms with Crippen molar-refractivity contribution in [2.24, 2.45) is 5.92 Å². The summed E-state index contributed by atoms with van der Waals surface area (Å²) in [7, 11) is 0. The fourth-order valence-corrected chi connectivity index (χ4v) is 4.06. The highest BCUT2D eigenvalue weighted by atomic mass is 16.5. The van der Waals surface area contributed by atoms with Gasteiger partial charge in [0.25, 0.3) is 5.91 Å². The van der Waals surface area contributed by atoms with E-state index in [2.05, 4.69) is 10.3 Å². The van der Waals surface area contributed by atoms with E-state index in [1.807, 2.05) is 72.5 Å². The SMILES string of the molecule is CCOc1ccc(CNC(=O)C2CCN(C(=O)c3ccnc(-c4ccccc4)c3)CC2)cc1. The van der Waals surface area contributed by atoms with E-state index in [0.717, 1.165) is 22.6 Å². The summed E-state index contributed by atoms with van der Waals surface area (Å²) in [6.07, 6.45) is 3.01. The van der Waals surface area contributed by atoms with Crippen molar-refractivity contribution >= 4 is 11.8 Å². The van der Waals surface area contributed by atoms with Gasteiger partial charge in [0.05, 0.1) is 12.3 Å². The van der Waals surface area contributed by atoms with Crippen molar-refractivity contribution in [2.45, 2.75) is 26.3 Å². The van der Waals surface area contributed by atoms with Crippen LogP contribution < -0.4 is 10.1 Å². The van der Waals surface area contributed by atoms with Crippen molar-refractivity contribution in [2.75, 3.05) is 19.7 Å². The van der Waals surface area contributed by atoms with Gasteiger partial charge >= 0.3 is 0 Å². The minimum Gasteiger partial charge on any atom is -0.494 e. The Balaban J connectivity index is 1.28. The van der Waals surface area contributed by atoms with E-state index in [1.54, 1.807) is 12.3 Å². The van der Waals surface area contributed by atoms with Gasteiger partial charge in [-0.25, -0.2) is 0 Å². The molecule has 1 fully saturated rings. The molecule has 33 heavy (non-hydrogen) atoms. The lowest BCUT2D eigenvalue weighted by Crippen LogP contribution is -2.42. The first-order valence-electron chi connectivity index (χ1n) is 11.4. The fraction of sp³-hybridized carbons (Fsp3) is 0.296. The largest absolute Gasteiger partial charge is 0.494 e. The second-order valence-electron chi connectivity index (χ2n) is 8.16. The third kappa shape index (κ3) is 5.77. The van der Waals surface area contributed by atoms with Gasteiger partial charge in [-0.3, -0.25) is 14.6 Å². The molecule has 6 heteroatoms. The highest BCUT2D eigenvalue weighted by molar-refractivity contribution is 5.95. The van der Waals surface area contributed by atoms with Gasteiger partial charge < -0.3 is 15.0 Å². The van der Waals surface area contributed by atoms with Crippen LogP contribution in [0.5, 0.6) is 5.75 Å². The lowest BCUT2D eigenvalue weighted by Gasteiger charge is -2.31. The molecule has 1 N–H and O–H groups in total. The number of ether oxygens (including phenoxy) is 1. The van der Waals surface area contributed by atoms with Crippen molar-refractivity contribution in [3.05, 3.63) is 84.1 Å². The van der Waals surface area contributed by atoms with Gasteiger partial charge in [0.1, 0.15) is 5.75 Å². The molecule has 0 unspecified atom stereocenters. The molecule has 1 aromatic heterocycles. The van der Waals surface area contributed by atoms with Crippen LogP contribution in [-0.2, 0) is 11.3 Å². The molecule has 2 aromatic carbocycles. The van der Waals surface area contributed by atoms with Gasteiger partial charge in [0.15, 0.2) is 0 Å². The molecule has 3 aromatic rings. The van der Waals surface area contributed by atoms with E-state index >= 15 is 0 Å². The van der Waals surface area contributed by atoms with Gasteiger partial charge in [-0.1, -0.05) is 42.5 Å². The van der Waals surface area contributed by atoms with E-state index in [-0.39, 0.29) is 17.7 Å². The van der Waals surface area contributed by atoms with Crippen LogP contribution in [0.3, 0.4) is 0 Å². The van der Waals surface area contributed by atoms with Gasteiger partial charge in [-0.2, -0.15) is 0 Å². The van der Waals surface area contributed by atoms with Crippen molar-refractivity contribution in [1.82, 2.24) is 15.2 Å². The van der Waals surface area contributed by atoms with Crippen LogP contribution >= 0.6 is 0 Å². The number of carbonyl (C=O) groups is 2. The maximum Gasteiger partial charge on any atom is 0.253 e. The molecule has 0 spiro atoms. The molecule has 170 valence electrons. The fourth-order valence-electron chi connectivity index (χ4n) is 4.06. The molecule has 2 heterocycles. The maximum absolute atomic E-state index is 13.0. The molecule has 6 nitrogen and oxygen atoms in total. The first-order chi connectivity index (χ1) is 16.1. The number of piperidine rings is 1. The Morgan fingerprint density at radius 2 is 1.76 bits per heavy atom. The molecule has 0 saturated carbocycles. The second kappa shape index (κ2) is 10.8. The Kier molecular flexibility index (Phi) is 7.35. The number of rotatable bonds is 7. The summed E-state index contributed by atoms with van der Waals surface area (Å²) in [5.41, 5.74) is 3.42. The van der Waals surface area contributed by atoms with Gasteiger partial charge in [0.2, 0.25) is 5.91 Å². The summed E-state index contributed by atoms with van der Waals surface area (Å²) in [5, 5.41) is 3.03. The highest BCUT2D eigenvalue weighted by Gasteiger charge is 2.28. The predicted octanol–water partition coefficient (Wildman–Crippen LogP) is 4.32. The van der Waals surface area contributed by atoms with Crippen LogP contribution in [0.15, 0.2) is 72.9 Å². The number of carbonyl (C=O) groups excluding carboxylic acids is 2. The van der Waals surface area contributed by atoms with Crippen molar-refractivity contribution in [3.8, 4) is 17.0 Å². The van der Waals surface area contributed by atoms with E-state index < -0.39 is 0 Å². The standard InChI is InChI=1S/C27H29N3O3/c1-2-33-24-10-8-20(9-11-24)19-29-26(31)22-13-16-30(17-14-22)27(32)23-12-15-28-25(18-23)21-6-4-3-5-7-21/h3-12,15,18,22H,2,13-14,16-17,19H2,1H3,(H,29,31). The Hall–Kier alpha value is -3.67. The molecule has 1 aliphatic rings. The molecule has 1 aliphatic heterocycles. The molecule has 2 amide bonds. The molecule has 0 atom stereocenters. The predicted molar refractivity (Wildman–Crippen MR) is 128 cm³/mol. The summed E-state index contributed by atoms with van der Waals surface area (Å²) in [6, 6.07) is 21.2. The zero-order valence-electron chi connectivity index (χ0n) is 18.9. The summed E-state index contributed by atoms with van der Waals surface area (Å²) in [5.74, 6) is 0.790. The zero-order chi connectivity index (χ0) is 23.0. The summed E-state index contributed by atoms with van der Waals surface area (Å²) in [4.78, 5) is 31.9. The Bertz CT molecular complexity index is 1080. The number of likely N-dealkylation sites (tertiary alicyclic amines) is 1. The van der Waals surface area contributed by atoms with Crippen LogP contribution in [-0.4, -0.2) is 41.4 Å². The van der Waals surface area contributed by atoms with E-state index in [1.165, 1.54) is 0 Å². The van der Waals surface area contributed by atoms with Gasteiger partial charge in [0, 0.05) is 42.9 Å². The Morgan fingerprint density at radius 3 is 2.45 bits per heavy atom. The minimum atomic E-state index is -0.0749.